The number of nitro benzene ring substituents is 1. The Bertz CT molecular complexity index is 595. The van der Waals surface area contributed by atoms with E-state index in [0.29, 0.717) is 11.6 Å². The molecule has 0 atom stereocenters. The molecular formula is C17H25N3O4. The number of carbonyl (C=O) groups is 1. The number of non-ortho nitro benzene ring substituents is 1. The largest absolute Gasteiger partial charge is 0.465 e. The SMILES string of the molecule is COC(=O)c1cc([N+](=O)[O-])ccc1NC1CCN(CC(C)C)CC1. The Morgan fingerprint density at radius 2 is 2.08 bits per heavy atom. The van der Waals surface area contributed by atoms with Crippen molar-refractivity contribution < 1.29 is 14.5 Å². The highest BCUT2D eigenvalue weighted by Crippen LogP contribution is 2.25. The third-order valence-electron chi connectivity index (χ3n) is 4.19. The Morgan fingerprint density at radius 1 is 1.42 bits per heavy atom. The Hall–Kier alpha value is -2.15. The van der Waals surface area contributed by atoms with Gasteiger partial charge in [-0.15, -0.1) is 0 Å². The molecule has 2 rings (SSSR count). The highest BCUT2D eigenvalue weighted by molar-refractivity contribution is 5.96. The molecule has 0 aromatic heterocycles. The first-order valence-electron chi connectivity index (χ1n) is 8.26. The summed E-state index contributed by atoms with van der Waals surface area (Å²) in [6.45, 7) is 7.54. The van der Waals surface area contributed by atoms with Gasteiger partial charge in [-0.25, -0.2) is 4.79 Å². The molecule has 24 heavy (non-hydrogen) atoms. The summed E-state index contributed by atoms with van der Waals surface area (Å²) >= 11 is 0. The number of rotatable bonds is 6. The molecule has 0 saturated carbocycles. The molecule has 0 amide bonds. The molecule has 1 saturated heterocycles. The fourth-order valence-corrected chi connectivity index (χ4v) is 3.05. The number of hydrogen-bond acceptors (Lipinski definition) is 6. The van der Waals surface area contributed by atoms with Gasteiger partial charge in [0.25, 0.3) is 5.69 Å². The minimum absolute atomic E-state index is 0.118. The van der Waals surface area contributed by atoms with Gasteiger partial charge >= 0.3 is 5.97 Å². The zero-order chi connectivity index (χ0) is 17.7. The lowest BCUT2D eigenvalue weighted by atomic mass is 10.0. The second-order valence-electron chi connectivity index (χ2n) is 6.59. The molecule has 1 aliphatic heterocycles. The van der Waals surface area contributed by atoms with Crippen LogP contribution in [0.15, 0.2) is 18.2 Å². The van der Waals surface area contributed by atoms with Gasteiger partial charge in [-0.3, -0.25) is 10.1 Å². The van der Waals surface area contributed by atoms with E-state index < -0.39 is 10.9 Å². The molecule has 0 spiro atoms. The first-order chi connectivity index (χ1) is 11.4. The van der Waals surface area contributed by atoms with E-state index >= 15 is 0 Å². The normalized spacial score (nSPS) is 16.2. The summed E-state index contributed by atoms with van der Waals surface area (Å²) in [6, 6.07) is 4.51. The topological polar surface area (TPSA) is 84.7 Å². The van der Waals surface area contributed by atoms with E-state index in [1.807, 2.05) is 0 Å². The van der Waals surface area contributed by atoms with Crippen LogP contribution < -0.4 is 5.32 Å². The number of ether oxygens (including phenoxy) is 1. The van der Waals surface area contributed by atoms with Crippen molar-refractivity contribution in [2.45, 2.75) is 32.7 Å². The molecule has 132 valence electrons. The van der Waals surface area contributed by atoms with Crippen molar-refractivity contribution in [1.82, 2.24) is 4.90 Å². The maximum absolute atomic E-state index is 11.9. The van der Waals surface area contributed by atoms with Crippen molar-refractivity contribution in [3.05, 3.63) is 33.9 Å². The summed E-state index contributed by atoms with van der Waals surface area (Å²) in [5.74, 6) is 0.0774. The minimum atomic E-state index is -0.571. The van der Waals surface area contributed by atoms with Gasteiger partial charge in [-0.1, -0.05) is 13.8 Å². The minimum Gasteiger partial charge on any atom is -0.465 e. The number of nitrogens with one attached hydrogen (secondary N) is 1. The molecule has 1 N–H and O–H groups in total. The maximum atomic E-state index is 11.9. The lowest BCUT2D eigenvalue weighted by molar-refractivity contribution is -0.384. The number of carbonyl (C=O) groups excluding carboxylic acids is 1. The monoisotopic (exact) mass is 335 g/mol. The fourth-order valence-electron chi connectivity index (χ4n) is 3.05. The molecule has 1 heterocycles. The number of piperidine rings is 1. The molecule has 7 heteroatoms. The van der Waals surface area contributed by atoms with Crippen molar-refractivity contribution in [3.8, 4) is 0 Å². The van der Waals surface area contributed by atoms with E-state index in [1.54, 1.807) is 6.07 Å². The third-order valence-corrected chi connectivity index (χ3v) is 4.19. The zero-order valence-electron chi connectivity index (χ0n) is 14.4. The van der Waals surface area contributed by atoms with Crippen LogP contribution in [0.2, 0.25) is 0 Å². The molecule has 1 aromatic carbocycles. The summed E-state index contributed by atoms with van der Waals surface area (Å²) in [5.41, 5.74) is 0.679. The molecule has 1 aromatic rings. The zero-order valence-corrected chi connectivity index (χ0v) is 14.4. The van der Waals surface area contributed by atoms with Crippen molar-refractivity contribution in [2.24, 2.45) is 5.92 Å². The number of esters is 1. The number of nitro groups is 1. The van der Waals surface area contributed by atoms with Gasteiger partial charge < -0.3 is 15.0 Å². The average Bonchev–Trinajstić information content (AvgIpc) is 2.55. The van der Waals surface area contributed by atoms with Crippen molar-refractivity contribution >= 4 is 17.3 Å². The van der Waals surface area contributed by atoms with Crippen molar-refractivity contribution in [1.29, 1.82) is 0 Å². The van der Waals surface area contributed by atoms with E-state index in [9.17, 15) is 14.9 Å². The summed E-state index contributed by atoms with van der Waals surface area (Å²) in [4.78, 5) is 24.8. The van der Waals surface area contributed by atoms with Crippen molar-refractivity contribution in [2.75, 3.05) is 32.1 Å². The van der Waals surface area contributed by atoms with Crippen LogP contribution in [0, 0.1) is 16.0 Å². The fraction of sp³-hybridized carbons (Fsp3) is 0.588. The third kappa shape index (κ3) is 4.67. The van der Waals surface area contributed by atoms with Crippen LogP contribution >= 0.6 is 0 Å². The standard InChI is InChI=1S/C17H25N3O4/c1-12(2)11-19-8-6-13(7-9-19)18-16-5-4-14(20(22)23)10-15(16)17(21)24-3/h4-5,10,12-13,18H,6-9,11H2,1-3H3. The molecule has 1 aliphatic rings. The Morgan fingerprint density at radius 3 is 2.62 bits per heavy atom. The summed E-state index contributed by atoms with van der Waals surface area (Å²) in [5, 5.41) is 14.3. The quantitative estimate of drug-likeness (QED) is 0.489. The van der Waals surface area contributed by atoms with Gasteiger partial charge in [0, 0.05) is 43.5 Å². The number of hydrogen-bond donors (Lipinski definition) is 1. The van der Waals surface area contributed by atoms with E-state index in [1.165, 1.54) is 19.2 Å². The van der Waals surface area contributed by atoms with Gasteiger partial charge in [0.2, 0.25) is 0 Å². The molecule has 1 fully saturated rings. The van der Waals surface area contributed by atoms with Crippen LogP contribution in [0.1, 0.15) is 37.0 Å². The van der Waals surface area contributed by atoms with Gasteiger partial charge in [-0.2, -0.15) is 0 Å². The van der Waals surface area contributed by atoms with Crippen LogP contribution in [-0.4, -0.2) is 48.6 Å². The second kappa shape index (κ2) is 8.10. The van der Waals surface area contributed by atoms with Gasteiger partial charge in [0.15, 0.2) is 0 Å². The molecular weight excluding hydrogens is 310 g/mol. The number of methoxy groups -OCH3 is 1. The highest BCUT2D eigenvalue weighted by atomic mass is 16.6. The van der Waals surface area contributed by atoms with Crippen LogP contribution in [0.3, 0.4) is 0 Å². The smallest absolute Gasteiger partial charge is 0.340 e. The predicted molar refractivity (Wildman–Crippen MR) is 92.4 cm³/mol. The van der Waals surface area contributed by atoms with Crippen LogP contribution in [0.5, 0.6) is 0 Å². The maximum Gasteiger partial charge on any atom is 0.340 e. The van der Waals surface area contributed by atoms with Gasteiger partial charge in [0.1, 0.15) is 0 Å². The van der Waals surface area contributed by atoms with Crippen LogP contribution in [0.25, 0.3) is 0 Å². The van der Waals surface area contributed by atoms with Gasteiger partial charge in [-0.05, 0) is 24.8 Å². The molecule has 7 nitrogen and oxygen atoms in total. The van der Waals surface area contributed by atoms with Crippen LogP contribution in [-0.2, 0) is 4.74 Å². The Balaban J connectivity index is 2.07. The Labute approximate surface area is 142 Å². The van der Waals surface area contributed by atoms with E-state index in [4.69, 9.17) is 4.74 Å². The first kappa shape index (κ1) is 18.2. The lowest BCUT2D eigenvalue weighted by Crippen LogP contribution is -2.40. The number of nitrogens with zero attached hydrogens (tertiary/aromatic N) is 2. The summed E-state index contributed by atoms with van der Waals surface area (Å²) < 4.78 is 4.75. The number of benzene rings is 1. The molecule has 0 bridgehead atoms. The first-order valence-corrected chi connectivity index (χ1v) is 8.26. The Kier molecular flexibility index (Phi) is 6.14. The van der Waals surface area contributed by atoms with E-state index in [-0.39, 0.29) is 17.3 Å². The summed E-state index contributed by atoms with van der Waals surface area (Å²) in [7, 11) is 1.27. The van der Waals surface area contributed by atoms with E-state index in [0.717, 1.165) is 32.5 Å². The second-order valence-corrected chi connectivity index (χ2v) is 6.59. The highest BCUT2D eigenvalue weighted by Gasteiger charge is 2.23. The lowest BCUT2D eigenvalue weighted by Gasteiger charge is -2.34. The predicted octanol–water partition coefficient (Wildman–Crippen LogP) is 2.91. The molecule has 0 unspecified atom stereocenters. The number of anilines is 1. The van der Waals surface area contributed by atoms with Crippen molar-refractivity contribution in [3.63, 3.8) is 0 Å². The molecule has 0 aliphatic carbocycles. The van der Waals surface area contributed by atoms with Gasteiger partial charge in [0.05, 0.1) is 17.6 Å². The van der Waals surface area contributed by atoms with Crippen LogP contribution in [0.4, 0.5) is 11.4 Å². The van der Waals surface area contributed by atoms with E-state index in [2.05, 4.69) is 24.1 Å². The number of likely N-dealkylation sites (tertiary alicyclic amines) is 1. The molecule has 0 radical (unpaired) electrons. The summed E-state index contributed by atoms with van der Waals surface area (Å²) in [6.07, 6.45) is 1.95. The average molecular weight is 335 g/mol.